The van der Waals surface area contributed by atoms with Crippen molar-refractivity contribution in [3.05, 3.63) is 28.2 Å². The quantitative estimate of drug-likeness (QED) is 0.644. The maximum atomic E-state index is 12.0. The minimum Gasteiger partial charge on any atom is -0.496 e. The zero-order chi connectivity index (χ0) is 18.2. The summed E-state index contributed by atoms with van der Waals surface area (Å²) in [7, 11) is 1.53. The summed E-state index contributed by atoms with van der Waals surface area (Å²) in [4.78, 5) is 35.7. The number of methoxy groups -OCH3 is 1. The van der Waals surface area contributed by atoms with E-state index in [0.29, 0.717) is 15.8 Å². The van der Waals surface area contributed by atoms with Crippen LogP contribution in [-0.4, -0.2) is 31.4 Å². The molecule has 1 aromatic rings. The van der Waals surface area contributed by atoms with E-state index in [2.05, 4.69) is 32.1 Å². The van der Waals surface area contributed by atoms with Gasteiger partial charge in [0.15, 0.2) is 0 Å². The van der Waals surface area contributed by atoms with E-state index in [1.165, 1.54) is 7.11 Å². The van der Waals surface area contributed by atoms with Gasteiger partial charge < -0.3 is 10.1 Å². The maximum absolute atomic E-state index is 12.0. The Hall–Kier alpha value is -2.09. The third-order valence-electron chi connectivity index (χ3n) is 4.13. The van der Waals surface area contributed by atoms with Gasteiger partial charge in [0, 0.05) is 11.5 Å². The fourth-order valence-corrected chi connectivity index (χ4v) is 3.27. The molecule has 3 amide bonds. The van der Waals surface area contributed by atoms with Crippen LogP contribution in [-0.2, 0) is 9.59 Å². The van der Waals surface area contributed by atoms with Crippen LogP contribution in [0, 0.1) is 5.92 Å². The zero-order valence-corrected chi connectivity index (χ0v) is 15.6. The minimum absolute atomic E-state index is 0.00668. The predicted molar refractivity (Wildman–Crippen MR) is 95.9 cm³/mol. The number of hydrogen-bond acceptors (Lipinski definition) is 4. The summed E-state index contributed by atoms with van der Waals surface area (Å²) < 4.78 is 5.73. The van der Waals surface area contributed by atoms with Gasteiger partial charge in [-0.3, -0.25) is 25.2 Å². The Bertz CT molecular complexity index is 645. The molecule has 3 N–H and O–H groups in total. The fraction of sp³-hybridized carbons (Fsp3) is 0.471. The van der Waals surface area contributed by atoms with Crippen molar-refractivity contribution in [2.24, 2.45) is 5.92 Å². The summed E-state index contributed by atoms with van der Waals surface area (Å²) in [6.07, 6.45) is 5.01. The Balaban J connectivity index is 1.74. The molecule has 1 fully saturated rings. The second kappa shape index (κ2) is 9.41. The SMILES string of the molecule is COc1ccc(C(=O)NNC(=O)CNC(=O)C2CCCCC2)cc1Br. The number of halogens is 1. The second-order valence-corrected chi connectivity index (χ2v) is 6.76. The number of benzene rings is 1. The van der Waals surface area contributed by atoms with Crippen LogP contribution in [0.5, 0.6) is 5.75 Å². The van der Waals surface area contributed by atoms with Crippen molar-refractivity contribution in [2.75, 3.05) is 13.7 Å². The molecule has 1 aliphatic carbocycles. The highest BCUT2D eigenvalue weighted by Crippen LogP contribution is 2.25. The van der Waals surface area contributed by atoms with E-state index in [4.69, 9.17) is 4.74 Å². The van der Waals surface area contributed by atoms with Crippen molar-refractivity contribution in [1.82, 2.24) is 16.2 Å². The topological polar surface area (TPSA) is 96.5 Å². The molecule has 1 aromatic carbocycles. The smallest absolute Gasteiger partial charge is 0.269 e. The van der Waals surface area contributed by atoms with Crippen LogP contribution in [0.2, 0.25) is 0 Å². The third kappa shape index (κ3) is 5.74. The van der Waals surface area contributed by atoms with Crippen LogP contribution in [0.25, 0.3) is 0 Å². The Morgan fingerprint density at radius 1 is 1.16 bits per heavy atom. The number of hydrazine groups is 1. The zero-order valence-electron chi connectivity index (χ0n) is 14.1. The summed E-state index contributed by atoms with van der Waals surface area (Å²) in [6, 6.07) is 4.81. The fourth-order valence-electron chi connectivity index (χ4n) is 2.73. The van der Waals surface area contributed by atoms with Crippen LogP contribution in [0.3, 0.4) is 0 Å². The van der Waals surface area contributed by atoms with E-state index >= 15 is 0 Å². The van der Waals surface area contributed by atoms with Gasteiger partial charge in [0.2, 0.25) is 5.91 Å². The van der Waals surface area contributed by atoms with Gasteiger partial charge in [0.05, 0.1) is 18.1 Å². The lowest BCUT2D eigenvalue weighted by Gasteiger charge is -2.20. The largest absolute Gasteiger partial charge is 0.496 e. The number of carbonyl (C=O) groups excluding carboxylic acids is 3. The first kappa shape index (κ1) is 19.2. The van der Waals surface area contributed by atoms with Crippen LogP contribution in [0.4, 0.5) is 0 Å². The lowest BCUT2D eigenvalue weighted by Crippen LogP contribution is -2.47. The Labute approximate surface area is 155 Å². The van der Waals surface area contributed by atoms with Crippen LogP contribution in [0.1, 0.15) is 42.5 Å². The van der Waals surface area contributed by atoms with Crippen molar-refractivity contribution in [3.63, 3.8) is 0 Å². The summed E-state index contributed by atoms with van der Waals surface area (Å²) in [5, 5.41) is 2.61. The minimum atomic E-state index is -0.481. The number of hydrogen-bond donors (Lipinski definition) is 3. The first-order valence-electron chi connectivity index (χ1n) is 8.21. The highest BCUT2D eigenvalue weighted by atomic mass is 79.9. The summed E-state index contributed by atoms with van der Waals surface area (Å²) in [5.74, 6) is -0.445. The number of rotatable bonds is 5. The molecule has 2 rings (SSSR count). The standard InChI is InChI=1S/C17H22BrN3O4/c1-25-14-8-7-12(9-13(14)18)17(24)21-20-15(22)10-19-16(23)11-5-3-2-4-6-11/h7-9,11H,2-6,10H2,1H3,(H,19,23)(H,20,22)(H,21,24). The Morgan fingerprint density at radius 3 is 2.52 bits per heavy atom. The molecule has 0 unspecified atom stereocenters. The molecule has 1 aliphatic rings. The molecule has 0 atom stereocenters. The molecule has 0 heterocycles. The predicted octanol–water partition coefficient (Wildman–Crippen LogP) is 1.92. The van der Waals surface area contributed by atoms with Crippen LogP contribution < -0.4 is 20.9 Å². The van der Waals surface area contributed by atoms with E-state index in [0.717, 1.165) is 32.1 Å². The van der Waals surface area contributed by atoms with Gasteiger partial charge in [0.1, 0.15) is 5.75 Å². The number of amides is 3. The van der Waals surface area contributed by atoms with E-state index in [-0.39, 0.29) is 18.4 Å². The lowest BCUT2D eigenvalue weighted by atomic mass is 9.89. The average Bonchev–Trinajstić information content (AvgIpc) is 2.64. The first-order chi connectivity index (χ1) is 12.0. The molecule has 0 saturated heterocycles. The maximum Gasteiger partial charge on any atom is 0.269 e. The Kier molecular flexibility index (Phi) is 7.24. The normalized spacial score (nSPS) is 14.5. The van der Waals surface area contributed by atoms with E-state index in [1.54, 1.807) is 18.2 Å². The molecule has 25 heavy (non-hydrogen) atoms. The van der Waals surface area contributed by atoms with Crippen LogP contribution in [0.15, 0.2) is 22.7 Å². The third-order valence-corrected chi connectivity index (χ3v) is 4.75. The monoisotopic (exact) mass is 411 g/mol. The second-order valence-electron chi connectivity index (χ2n) is 5.90. The van der Waals surface area contributed by atoms with E-state index < -0.39 is 11.8 Å². The van der Waals surface area contributed by atoms with Gasteiger partial charge in [-0.05, 0) is 47.0 Å². The molecule has 136 valence electrons. The molecular formula is C17H22BrN3O4. The molecule has 0 aliphatic heterocycles. The van der Waals surface area contributed by atoms with Crippen molar-refractivity contribution in [3.8, 4) is 5.75 Å². The highest BCUT2D eigenvalue weighted by Gasteiger charge is 2.21. The number of nitrogens with one attached hydrogen (secondary N) is 3. The lowest BCUT2D eigenvalue weighted by molar-refractivity contribution is -0.129. The van der Waals surface area contributed by atoms with Gasteiger partial charge in [-0.15, -0.1) is 0 Å². The van der Waals surface area contributed by atoms with Crippen molar-refractivity contribution in [2.45, 2.75) is 32.1 Å². The molecule has 0 aromatic heterocycles. The van der Waals surface area contributed by atoms with E-state index in [9.17, 15) is 14.4 Å². The molecular weight excluding hydrogens is 390 g/mol. The molecule has 8 heteroatoms. The molecule has 0 spiro atoms. The van der Waals surface area contributed by atoms with Gasteiger partial charge >= 0.3 is 0 Å². The number of carbonyl (C=O) groups is 3. The summed E-state index contributed by atoms with van der Waals surface area (Å²) >= 11 is 3.29. The van der Waals surface area contributed by atoms with Gasteiger partial charge in [-0.1, -0.05) is 19.3 Å². The van der Waals surface area contributed by atoms with Gasteiger partial charge in [-0.2, -0.15) is 0 Å². The molecule has 0 radical (unpaired) electrons. The molecule has 7 nitrogen and oxygen atoms in total. The van der Waals surface area contributed by atoms with Crippen molar-refractivity contribution < 1.29 is 19.1 Å². The summed E-state index contributed by atoms with van der Waals surface area (Å²) in [5.41, 5.74) is 4.96. The average molecular weight is 412 g/mol. The number of ether oxygens (including phenoxy) is 1. The van der Waals surface area contributed by atoms with Crippen molar-refractivity contribution in [1.29, 1.82) is 0 Å². The van der Waals surface area contributed by atoms with Crippen LogP contribution >= 0.6 is 15.9 Å². The van der Waals surface area contributed by atoms with Gasteiger partial charge in [-0.25, -0.2) is 0 Å². The molecule has 0 bridgehead atoms. The Morgan fingerprint density at radius 2 is 1.88 bits per heavy atom. The van der Waals surface area contributed by atoms with Gasteiger partial charge in [0.25, 0.3) is 11.8 Å². The van der Waals surface area contributed by atoms with E-state index in [1.807, 2.05) is 0 Å². The summed E-state index contributed by atoms with van der Waals surface area (Å²) in [6.45, 7) is -0.165. The van der Waals surface area contributed by atoms with Crippen molar-refractivity contribution >= 4 is 33.7 Å². The molecule has 1 saturated carbocycles. The highest BCUT2D eigenvalue weighted by molar-refractivity contribution is 9.10. The first-order valence-corrected chi connectivity index (χ1v) is 9.01.